The number of rotatable bonds is 2. The lowest BCUT2D eigenvalue weighted by molar-refractivity contribution is 0.275. The summed E-state index contributed by atoms with van der Waals surface area (Å²) in [5.41, 5.74) is 1.73. The molecule has 3 nitrogen and oxygen atoms in total. The fraction of sp³-hybridized carbons (Fsp3) is 0.714. The van der Waals surface area contributed by atoms with Gasteiger partial charge in [-0.25, -0.2) is 9.97 Å². The summed E-state index contributed by atoms with van der Waals surface area (Å²) in [6.07, 6.45) is 9.04. The molecule has 1 aliphatic rings. The van der Waals surface area contributed by atoms with Gasteiger partial charge in [-0.2, -0.15) is 0 Å². The van der Waals surface area contributed by atoms with Gasteiger partial charge in [0.25, 0.3) is 0 Å². The Labute approximate surface area is 103 Å². The Morgan fingerprint density at radius 2 is 1.76 bits per heavy atom. The van der Waals surface area contributed by atoms with Crippen LogP contribution in [0.25, 0.3) is 0 Å². The monoisotopic (exact) mass is 234 g/mol. The van der Waals surface area contributed by atoms with Crippen LogP contribution >= 0.6 is 0 Å². The van der Waals surface area contributed by atoms with Crippen molar-refractivity contribution in [3.63, 3.8) is 0 Å². The van der Waals surface area contributed by atoms with E-state index in [0.29, 0.717) is 5.92 Å². The van der Waals surface area contributed by atoms with E-state index in [-0.39, 0.29) is 6.61 Å². The average molecular weight is 234 g/mol. The fourth-order valence-electron chi connectivity index (χ4n) is 2.64. The summed E-state index contributed by atoms with van der Waals surface area (Å²) in [6.45, 7) is 2.00. The zero-order chi connectivity index (χ0) is 12.1. The van der Waals surface area contributed by atoms with Gasteiger partial charge in [0, 0.05) is 11.6 Å². The summed E-state index contributed by atoms with van der Waals surface area (Å²) in [5, 5.41) is 9.20. The highest BCUT2D eigenvalue weighted by Gasteiger charge is 2.17. The van der Waals surface area contributed by atoms with Gasteiger partial charge in [0.15, 0.2) is 0 Å². The topological polar surface area (TPSA) is 46.0 Å². The molecule has 0 aliphatic heterocycles. The van der Waals surface area contributed by atoms with Gasteiger partial charge in [-0.1, -0.05) is 32.1 Å². The molecule has 94 valence electrons. The summed E-state index contributed by atoms with van der Waals surface area (Å²) in [7, 11) is 0. The molecule has 1 aliphatic carbocycles. The van der Waals surface area contributed by atoms with Crippen LogP contribution < -0.4 is 0 Å². The Morgan fingerprint density at radius 1 is 1.12 bits per heavy atom. The summed E-state index contributed by atoms with van der Waals surface area (Å²) >= 11 is 0. The predicted octanol–water partition coefficient (Wildman–Crippen LogP) is 3.11. The zero-order valence-electron chi connectivity index (χ0n) is 10.7. The van der Waals surface area contributed by atoms with Crippen LogP contribution in [0.2, 0.25) is 0 Å². The van der Waals surface area contributed by atoms with E-state index in [1.807, 2.05) is 13.0 Å². The summed E-state index contributed by atoms with van der Waals surface area (Å²) < 4.78 is 0. The molecule has 2 rings (SSSR count). The van der Waals surface area contributed by atoms with Crippen LogP contribution in [0.3, 0.4) is 0 Å². The normalized spacial score (nSPS) is 18.7. The maximum Gasteiger partial charge on any atom is 0.132 e. The maximum atomic E-state index is 9.20. The van der Waals surface area contributed by atoms with Crippen molar-refractivity contribution < 1.29 is 5.11 Å². The molecule has 3 heteroatoms. The van der Waals surface area contributed by atoms with E-state index in [4.69, 9.17) is 0 Å². The van der Waals surface area contributed by atoms with Gasteiger partial charge in [0.1, 0.15) is 5.82 Å². The van der Waals surface area contributed by atoms with Crippen LogP contribution in [-0.4, -0.2) is 15.1 Å². The lowest BCUT2D eigenvalue weighted by Crippen LogP contribution is -2.09. The minimum Gasteiger partial charge on any atom is -0.390 e. The SMILES string of the molecule is Cc1cc(CO)nc(C2CCCCCCC2)n1. The molecule has 0 bridgehead atoms. The quantitative estimate of drug-likeness (QED) is 0.855. The van der Waals surface area contributed by atoms with Crippen molar-refractivity contribution in [2.75, 3.05) is 0 Å². The van der Waals surface area contributed by atoms with Crippen molar-refractivity contribution in [1.82, 2.24) is 9.97 Å². The highest BCUT2D eigenvalue weighted by Crippen LogP contribution is 2.29. The lowest BCUT2D eigenvalue weighted by atomic mass is 9.90. The van der Waals surface area contributed by atoms with Crippen molar-refractivity contribution in [2.45, 2.75) is 64.4 Å². The van der Waals surface area contributed by atoms with Crippen LogP contribution in [-0.2, 0) is 6.61 Å². The van der Waals surface area contributed by atoms with Gasteiger partial charge < -0.3 is 5.11 Å². The van der Waals surface area contributed by atoms with Crippen molar-refractivity contribution in [1.29, 1.82) is 0 Å². The van der Waals surface area contributed by atoms with E-state index >= 15 is 0 Å². The first-order chi connectivity index (χ1) is 8.29. The first kappa shape index (κ1) is 12.5. The first-order valence-corrected chi connectivity index (χ1v) is 6.75. The predicted molar refractivity (Wildman–Crippen MR) is 67.8 cm³/mol. The minimum atomic E-state index is 0.0169. The summed E-state index contributed by atoms with van der Waals surface area (Å²) in [5.74, 6) is 1.46. The molecule has 1 saturated carbocycles. The van der Waals surface area contributed by atoms with E-state index < -0.39 is 0 Å². The summed E-state index contributed by atoms with van der Waals surface area (Å²) in [4.78, 5) is 9.04. The molecular weight excluding hydrogens is 212 g/mol. The number of aromatic nitrogens is 2. The molecule has 1 aromatic heterocycles. The Hall–Kier alpha value is -0.960. The molecule has 0 aromatic carbocycles. The minimum absolute atomic E-state index is 0.0169. The Kier molecular flexibility index (Phi) is 4.49. The van der Waals surface area contributed by atoms with Gasteiger partial charge in [0.2, 0.25) is 0 Å². The van der Waals surface area contributed by atoms with Crippen molar-refractivity contribution in [2.24, 2.45) is 0 Å². The van der Waals surface area contributed by atoms with Crippen LogP contribution in [0.1, 0.15) is 68.1 Å². The van der Waals surface area contributed by atoms with E-state index in [1.54, 1.807) is 0 Å². The van der Waals surface area contributed by atoms with Crippen LogP contribution in [0, 0.1) is 6.92 Å². The lowest BCUT2D eigenvalue weighted by Gasteiger charge is -2.19. The van der Waals surface area contributed by atoms with Crippen LogP contribution in [0.4, 0.5) is 0 Å². The molecule has 0 atom stereocenters. The third kappa shape index (κ3) is 3.50. The zero-order valence-corrected chi connectivity index (χ0v) is 10.7. The number of hydrogen-bond acceptors (Lipinski definition) is 3. The second-order valence-corrected chi connectivity index (χ2v) is 5.06. The Bertz CT molecular complexity index is 357. The maximum absolute atomic E-state index is 9.20. The molecular formula is C14H22N2O. The second-order valence-electron chi connectivity index (χ2n) is 5.06. The number of hydrogen-bond donors (Lipinski definition) is 1. The highest BCUT2D eigenvalue weighted by atomic mass is 16.3. The number of aryl methyl sites for hydroxylation is 1. The largest absolute Gasteiger partial charge is 0.390 e. The van der Waals surface area contributed by atoms with E-state index in [2.05, 4.69) is 9.97 Å². The average Bonchev–Trinajstić information content (AvgIpc) is 2.27. The van der Waals surface area contributed by atoms with Crippen molar-refractivity contribution in [3.8, 4) is 0 Å². The Balaban J connectivity index is 2.15. The van der Waals surface area contributed by atoms with Gasteiger partial charge in [-0.05, 0) is 25.8 Å². The fourth-order valence-corrected chi connectivity index (χ4v) is 2.64. The van der Waals surface area contributed by atoms with E-state index in [9.17, 15) is 5.11 Å². The molecule has 1 N–H and O–H groups in total. The van der Waals surface area contributed by atoms with Gasteiger partial charge >= 0.3 is 0 Å². The van der Waals surface area contributed by atoms with Gasteiger partial charge in [-0.15, -0.1) is 0 Å². The van der Waals surface area contributed by atoms with E-state index in [1.165, 1.54) is 44.9 Å². The van der Waals surface area contributed by atoms with Crippen LogP contribution in [0.15, 0.2) is 6.07 Å². The van der Waals surface area contributed by atoms with E-state index in [0.717, 1.165) is 17.2 Å². The molecule has 0 amide bonds. The van der Waals surface area contributed by atoms with Gasteiger partial charge in [0.05, 0.1) is 12.3 Å². The molecule has 0 unspecified atom stereocenters. The van der Waals surface area contributed by atoms with Crippen molar-refractivity contribution in [3.05, 3.63) is 23.3 Å². The molecule has 17 heavy (non-hydrogen) atoms. The second kappa shape index (κ2) is 6.10. The van der Waals surface area contributed by atoms with Crippen molar-refractivity contribution >= 4 is 0 Å². The van der Waals surface area contributed by atoms with Gasteiger partial charge in [-0.3, -0.25) is 0 Å². The number of aliphatic hydroxyl groups is 1. The molecule has 0 spiro atoms. The third-order valence-electron chi connectivity index (χ3n) is 3.56. The third-order valence-corrected chi connectivity index (χ3v) is 3.56. The number of aliphatic hydroxyl groups excluding tert-OH is 1. The molecule has 0 radical (unpaired) electrons. The Morgan fingerprint density at radius 3 is 2.41 bits per heavy atom. The summed E-state index contributed by atoms with van der Waals surface area (Å²) in [6, 6.07) is 1.87. The highest BCUT2D eigenvalue weighted by molar-refractivity contribution is 5.11. The molecule has 1 heterocycles. The standard InChI is InChI=1S/C14H22N2O/c1-11-9-13(10-17)16-14(15-11)12-7-5-3-2-4-6-8-12/h9,12,17H,2-8,10H2,1H3. The number of nitrogens with zero attached hydrogens (tertiary/aromatic N) is 2. The van der Waals surface area contributed by atoms with Crippen LogP contribution in [0.5, 0.6) is 0 Å². The first-order valence-electron chi connectivity index (χ1n) is 6.75. The smallest absolute Gasteiger partial charge is 0.132 e. The molecule has 1 aromatic rings. The molecule has 0 saturated heterocycles. The molecule has 1 fully saturated rings.